The van der Waals surface area contributed by atoms with Crippen LogP contribution in [-0.4, -0.2) is 35.4 Å². The molecule has 0 aliphatic rings. The van der Waals surface area contributed by atoms with Crippen LogP contribution in [0.3, 0.4) is 0 Å². The third-order valence-corrected chi connectivity index (χ3v) is 4.55. The van der Waals surface area contributed by atoms with Gasteiger partial charge in [0.05, 0.1) is 30.5 Å². The number of nitrogens with one attached hydrogen (secondary N) is 3. The second-order valence-electron chi connectivity index (χ2n) is 6.68. The highest BCUT2D eigenvalue weighted by Crippen LogP contribution is 2.35. The van der Waals surface area contributed by atoms with Crippen molar-refractivity contribution < 1.29 is 27.8 Å². The number of aliphatic hydroxyl groups is 1. The highest BCUT2D eigenvalue weighted by Gasteiger charge is 2.31. The van der Waals surface area contributed by atoms with Gasteiger partial charge in [-0.25, -0.2) is 4.79 Å². The van der Waals surface area contributed by atoms with E-state index in [-0.39, 0.29) is 24.7 Å². The number of benzene rings is 2. The Kier molecular flexibility index (Phi) is 6.51. The summed E-state index contributed by atoms with van der Waals surface area (Å²) in [7, 11) is 0. The molecule has 1 heterocycles. The van der Waals surface area contributed by atoms with E-state index in [1.165, 1.54) is 0 Å². The molecule has 1 aromatic heterocycles. The number of ether oxygens (including phenoxy) is 1. The summed E-state index contributed by atoms with van der Waals surface area (Å²) in [4.78, 5) is 15.5. The van der Waals surface area contributed by atoms with Gasteiger partial charge in [-0.3, -0.25) is 0 Å². The third-order valence-electron chi connectivity index (χ3n) is 4.55. The zero-order chi connectivity index (χ0) is 21.7. The average Bonchev–Trinajstić information content (AvgIpc) is 3.11. The van der Waals surface area contributed by atoms with Crippen LogP contribution in [0.1, 0.15) is 18.1 Å². The molecule has 3 aromatic rings. The molecule has 0 spiro atoms. The van der Waals surface area contributed by atoms with E-state index in [2.05, 4.69) is 15.6 Å². The summed E-state index contributed by atoms with van der Waals surface area (Å²) in [5.74, 6) is 0.123. The number of carbonyl (C=O) groups is 1. The van der Waals surface area contributed by atoms with Crippen LogP contribution in [0, 0.1) is 0 Å². The molecular formula is C21H22F3N3O3. The molecule has 0 aliphatic heterocycles. The van der Waals surface area contributed by atoms with E-state index in [1.807, 2.05) is 24.3 Å². The number of aromatic nitrogens is 1. The molecule has 0 fully saturated rings. The first-order valence-electron chi connectivity index (χ1n) is 9.39. The van der Waals surface area contributed by atoms with Crippen LogP contribution in [0.15, 0.2) is 48.7 Å². The number of hydrogen-bond donors (Lipinski definition) is 4. The minimum Gasteiger partial charge on any atom is -0.492 e. The number of alkyl halides is 3. The lowest BCUT2D eigenvalue weighted by Gasteiger charge is -2.18. The Balaban J connectivity index is 1.73. The van der Waals surface area contributed by atoms with Gasteiger partial charge in [0.2, 0.25) is 0 Å². The minimum absolute atomic E-state index is 0.104. The summed E-state index contributed by atoms with van der Waals surface area (Å²) in [6, 6.07) is 9.11. The molecular weight excluding hydrogens is 399 g/mol. The second-order valence-corrected chi connectivity index (χ2v) is 6.68. The third kappa shape index (κ3) is 5.04. The summed E-state index contributed by atoms with van der Waals surface area (Å²) < 4.78 is 44.4. The van der Waals surface area contributed by atoms with E-state index in [0.717, 1.165) is 34.7 Å². The number of hydrogen-bond acceptors (Lipinski definition) is 3. The molecule has 3 rings (SSSR count). The van der Waals surface area contributed by atoms with E-state index in [1.54, 1.807) is 13.1 Å². The first-order chi connectivity index (χ1) is 14.3. The van der Waals surface area contributed by atoms with Crippen molar-refractivity contribution in [1.29, 1.82) is 0 Å². The normalized spacial score (nSPS) is 12.6. The number of anilines is 1. The molecule has 0 saturated carbocycles. The van der Waals surface area contributed by atoms with Crippen LogP contribution in [0.2, 0.25) is 0 Å². The summed E-state index contributed by atoms with van der Waals surface area (Å²) in [6.07, 6.45) is -2.41. The Hall–Kier alpha value is -3.20. The molecule has 0 aliphatic carbocycles. The van der Waals surface area contributed by atoms with Gasteiger partial charge in [-0.1, -0.05) is 18.2 Å². The van der Waals surface area contributed by atoms with Gasteiger partial charge in [0.1, 0.15) is 5.75 Å². The highest BCUT2D eigenvalue weighted by atomic mass is 19.4. The average molecular weight is 421 g/mol. The number of aliphatic hydroxyl groups excluding tert-OH is 1. The van der Waals surface area contributed by atoms with Crippen LogP contribution in [0.25, 0.3) is 10.9 Å². The Labute approximate surface area is 171 Å². The maximum Gasteiger partial charge on any atom is 0.416 e. The number of para-hydroxylation sites is 1. The van der Waals surface area contributed by atoms with E-state index in [9.17, 15) is 23.1 Å². The Morgan fingerprint density at radius 1 is 1.23 bits per heavy atom. The standard InChI is InChI=1S/C21H22F3N3O3/c1-2-30-19-8-7-14(21(22,23)24)10-18(19)27-20(29)26-15(12-28)9-13-11-25-17-6-4-3-5-16(13)17/h3-8,10-11,15,25,28H,2,9,12H2,1H3,(H2,26,27,29). The van der Waals surface area contributed by atoms with Crippen molar-refractivity contribution in [3.63, 3.8) is 0 Å². The van der Waals surface area contributed by atoms with E-state index in [0.29, 0.717) is 6.42 Å². The maximum atomic E-state index is 13.0. The van der Waals surface area contributed by atoms with Crippen molar-refractivity contribution in [2.45, 2.75) is 25.6 Å². The van der Waals surface area contributed by atoms with Crippen LogP contribution >= 0.6 is 0 Å². The number of H-pyrrole nitrogens is 1. The van der Waals surface area contributed by atoms with Gasteiger partial charge in [-0.05, 0) is 43.2 Å². The van der Waals surface area contributed by atoms with Crippen molar-refractivity contribution in [2.75, 3.05) is 18.5 Å². The Morgan fingerprint density at radius 3 is 2.70 bits per heavy atom. The molecule has 0 bridgehead atoms. The lowest BCUT2D eigenvalue weighted by Crippen LogP contribution is -2.41. The monoisotopic (exact) mass is 421 g/mol. The highest BCUT2D eigenvalue weighted by molar-refractivity contribution is 5.91. The molecule has 4 N–H and O–H groups in total. The van der Waals surface area contributed by atoms with Crippen molar-refractivity contribution in [2.24, 2.45) is 0 Å². The smallest absolute Gasteiger partial charge is 0.416 e. The van der Waals surface area contributed by atoms with Crippen molar-refractivity contribution in [3.8, 4) is 5.75 Å². The first kappa shape index (κ1) is 21.5. The van der Waals surface area contributed by atoms with Gasteiger partial charge in [0.15, 0.2) is 0 Å². The van der Waals surface area contributed by atoms with Crippen molar-refractivity contribution in [1.82, 2.24) is 10.3 Å². The zero-order valence-corrected chi connectivity index (χ0v) is 16.2. The number of amides is 2. The predicted octanol–water partition coefficient (Wildman–Crippen LogP) is 4.31. The largest absolute Gasteiger partial charge is 0.492 e. The molecule has 0 saturated heterocycles. The SMILES string of the molecule is CCOc1ccc(C(F)(F)F)cc1NC(=O)NC(CO)Cc1c[nH]c2ccccc12. The van der Waals surface area contributed by atoms with Crippen LogP contribution in [0.5, 0.6) is 5.75 Å². The number of fused-ring (bicyclic) bond motifs is 1. The number of urea groups is 1. The molecule has 9 heteroatoms. The van der Waals surface area contributed by atoms with Crippen LogP contribution in [0.4, 0.5) is 23.7 Å². The summed E-state index contributed by atoms with van der Waals surface area (Å²) in [5.41, 5.74) is 0.824. The molecule has 6 nitrogen and oxygen atoms in total. The number of rotatable bonds is 7. The van der Waals surface area contributed by atoms with Gasteiger partial charge in [0, 0.05) is 17.1 Å². The fraction of sp³-hybridized carbons (Fsp3) is 0.286. The molecule has 0 radical (unpaired) electrons. The molecule has 30 heavy (non-hydrogen) atoms. The van der Waals surface area contributed by atoms with Gasteiger partial charge in [-0.15, -0.1) is 0 Å². The van der Waals surface area contributed by atoms with Gasteiger partial charge >= 0.3 is 12.2 Å². The Morgan fingerprint density at radius 2 is 2.00 bits per heavy atom. The number of aromatic amines is 1. The topological polar surface area (TPSA) is 86.4 Å². The van der Waals surface area contributed by atoms with Crippen LogP contribution in [-0.2, 0) is 12.6 Å². The summed E-state index contributed by atoms with van der Waals surface area (Å²) in [6.45, 7) is 1.57. The first-order valence-corrected chi connectivity index (χ1v) is 9.39. The molecule has 160 valence electrons. The fourth-order valence-corrected chi connectivity index (χ4v) is 3.16. The lowest BCUT2D eigenvalue weighted by molar-refractivity contribution is -0.137. The van der Waals surface area contributed by atoms with Gasteiger partial charge < -0.3 is 25.5 Å². The summed E-state index contributed by atoms with van der Waals surface area (Å²) >= 11 is 0. The van der Waals surface area contributed by atoms with E-state index in [4.69, 9.17) is 4.74 Å². The minimum atomic E-state index is -4.55. The van der Waals surface area contributed by atoms with Gasteiger partial charge in [-0.2, -0.15) is 13.2 Å². The van der Waals surface area contributed by atoms with Crippen molar-refractivity contribution in [3.05, 3.63) is 59.8 Å². The lowest BCUT2D eigenvalue weighted by atomic mass is 10.1. The zero-order valence-electron chi connectivity index (χ0n) is 16.2. The molecule has 1 unspecified atom stereocenters. The maximum absolute atomic E-state index is 13.0. The second kappa shape index (κ2) is 9.08. The molecule has 1 atom stereocenters. The number of halogens is 3. The summed E-state index contributed by atoms with van der Waals surface area (Å²) in [5, 5.41) is 15.6. The van der Waals surface area contributed by atoms with Crippen LogP contribution < -0.4 is 15.4 Å². The van der Waals surface area contributed by atoms with E-state index < -0.39 is 23.8 Å². The Bertz CT molecular complexity index is 1020. The number of carbonyl (C=O) groups excluding carboxylic acids is 1. The van der Waals surface area contributed by atoms with Crippen molar-refractivity contribution >= 4 is 22.6 Å². The quantitative estimate of drug-likeness (QED) is 0.459. The predicted molar refractivity (Wildman–Crippen MR) is 108 cm³/mol. The molecule has 2 aromatic carbocycles. The van der Waals surface area contributed by atoms with E-state index >= 15 is 0 Å². The molecule has 2 amide bonds. The van der Waals surface area contributed by atoms with Gasteiger partial charge in [0.25, 0.3) is 0 Å². The fourth-order valence-electron chi connectivity index (χ4n) is 3.16.